The third-order valence-corrected chi connectivity index (χ3v) is 6.35. The summed E-state index contributed by atoms with van der Waals surface area (Å²) in [6, 6.07) is 13.0. The van der Waals surface area contributed by atoms with Gasteiger partial charge in [0.2, 0.25) is 5.91 Å². The summed E-state index contributed by atoms with van der Waals surface area (Å²) >= 11 is 0. The second kappa shape index (κ2) is 9.32. The molecule has 2 aromatic rings. The highest BCUT2D eigenvalue weighted by Gasteiger charge is 2.31. The molecule has 1 saturated heterocycles. The highest BCUT2D eigenvalue weighted by molar-refractivity contribution is 5.96. The Hall–Kier alpha value is -2.87. The molecule has 0 radical (unpaired) electrons. The predicted molar refractivity (Wildman–Crippen MR) is 117 cm³/mol. The molecule has 32 heavy (non-hydrogen) atoms. The molecule has 5 nitrogen and oxygen atoms in total. The lowest BCUT2D eigenvalue weighted by Gasteiger charge is -2.40. The highest BCUT2D eigenvalue weighted by atomic mass is 19.4. The third-order valence-electron chi connectivity index (χ3n) is 6.35. The number of alkyl halides is 3. The van der Waals surface area contributed by atoms with Crippen molar-refractivity contribution < 1.29 is 22.8 Å². The number of likely N-dealkylation sites (tertiary alicyclic amines) is 1. The zero-order valence-corrected chi connectivity index (χ0v) is 17.6. The molecule has 1 fully saturated rings. The van der Waals surface area contributed by atoms with E-state index in [9.17, 15) is 22.8 Å². The van der Waals surface area contributed by atoms with Crippen molar-refractivity contribution in [1.82, 2.24) is 4.90 Å². The molecular formula is C24H26F3N3O2. The van der Waals surface area contributed by atoms with Crippen LogP contribution in [0.4, 0.5) is 24.5 Å². The van der Waals surface area contributed by atoms with Gasteiger partial charge in [-0.3, -0.25) is 4.79 Å². The normalized spacial score (nSPS) is 19.1. The minimum atomic E-state index is -4.39. The Bertz CT molecular complexity index is 954. The highest BCUT2D eigenvalue weighted by Crippen LogP contribution is 2.33. The largest absolute Gasteiger partial charge is 0.416 e. The maximum atomic E-state index is 12.8. The molecule has 1 unspecified atom stereocenters. The van der Waals surface area contributed by atoms with Gasteiger partial charge in [-0.05, 0) is 42.7 Å². The standard InChI is InChI=1S/C24H26F3N3O2/c25-24(26,27)19-7-5-17(6-8-19)18(16-31)15-29-12-9-20(10-13-29)30-14-11-23(32)28-21-3-1-2-4-22(21)30/h1-8,16,18,20H,9-15H2,(H,28,32). The third kappa shape index (κ3) is 4.96. The van der Waals surface area contributed by atoms with E-state index < -0.39 is 17.7 Å². The topological polar surface area (TPSA) is 52.7 Å². The molecule has 0 aliphatic carbocycles. The fourth-order valence-electron chi connectivity index (χ4n) is 4.60. The van der Waals surface area contributed by atoms with Crippen LogP contribution in [0.2, 0.25) is 0 Å². The van der Waals surface area contributed by atoms with E-state index in [-0.39, 0.29) is 5.91 Å². The molecule has 1 amide bonds. The number of para-hydroxylation sites is 2. The van der Waals surface area contributed by atoms with Gasteiger partial charge < -0.3 is 19.9 Å². The number of benzene rings is 2. The van der Waals surface area contributed by atoms with Gasteiger partial charge in [0.1, 0.15) is 6.29 Å². The van der Waals surface area contributed by atoms with Crippen LogP contribution in [0.15, 0.2) is 48.5 Å². The van der Waals surface area contributed by atoms with Crippen LogP contribution in [0.5, 0.6) is 0 Å². The van der Waals surface area contributed by atoms with E-state index in [1.807, 2.05) is 24.3 Å². The number of fused-ring (bicyclic) bond motifs is 1. The molecule has 4 rings (SSSR count). The summed E-state index contributed by atoms with van der Waals surface area (Å²) in [5, 5.41) is 2.97. The Kier molecular flexibility index (Phi) is 6.50. The lowest BCUT2D eigenvalue weighted by Crippen LogP contribution is -2.46. The number of nitrogens with zero attached hydrogens (tertiary/aromatic N) is 2. The van der Waals surface area contributed by atoms with Crippen molar-refractivity contribution in [2.24, 2.45) is 0 Å². The van der Waals surface area contributed by atoms with Gasteiger partial charge in [0.25, 0.3) is 0 Å². The molecule has 2 aliphatic rings. The van der Waals surface area contributed by atoms with Crippen LogP contribution in [0.25, 0.3) is 0 Å². The van der Waals surface area contributed by atoms with Gasteiger partial charge in [0, 0.05) is 38.6 Å². The molecule has 1 atom stereocenters. The van der Waals surface area contributed by atoms with Crippen molar-refractivity contribution in [3.8, 4) is 0 Å². The number of rotatable bonds is 5. The first-order valence-electron chi connectivity index (χ1n) is 10.9. The first kappa shape index (κ1) is 22.3. The van der Waals surface area contributed by atoms with Crippen LogP contribution in [-0.4, -0.2) is 49.3 Å². The smallest absolute Gasteiger partial charge is 0.366 e. The Morgan fingerprint density at radius 2 is 1.72 bits per heavy atom. The number of nitrogens with one attached hydrogen (secondary N) is 1. The van der Waals surface area contributed by atoms with Gasteiger partial charge in [0.15, 0.2) is 0 Å². The van der Waals surface area contributed by atoms with Crippen molar-refractivity contribution >= 4 is 23.6 Å². The van der Waals surface area contributed by atoms with Gasteiger partial charge in [-0.2, -0.15) is 13.2 Å². The van der Waals surface area contributed by atoms with Crippen LogP contribution in [0, 0.1) is 0 Å². The van der Waals surface area contributed by atoms with Crippen LogP contribution < -0.4 is 10.2 Å². The number of carbonyl (C=O) groups is 2. The Balaban J connectivity index is 1.38. The average Bonchev–Trinajstić information content (AvgIpc) is 2.95. The van der Waals surface area contributed by atoms with Crippen molar-refractivity contribution in [2.75, 3.05) is 36.4 Å². The van der Waals surface area contributed by atoms with Crippen molar-refractivity contribution in [3.05, 3.63) is 59.7 Å². The second-order valence-electron chi connectivity index (χ2n) is 8.40. The van der Waals surface area contributed by atoms with Gasteiger partial charge in [-0.1, -0.05) is 24.3 Å². The maximum Gasteiger partial charge on any atom is 0.416 e. The van der Waals surface area contributed by atoms with Crippen LogP contribution in [-0.2, 0) is 15.8 Å². The number of anilines is 2. The van der Waals surface area contributed by atoms with E-state index in [0.29, 0.717) is 31.1 Å². The summed E-state index contributed by atoms with van der Waals surface area (Å²) in [4.78, 5) is 28.2. The summed E-state index contributed by atoms with van der Waals surface area (Å²) in [7, 11) is 0. The predicted octanol–water partition coefficient (Wildman–Crippen LogP) is 4.30. The van der Waals surface area contributed by atoms with Crippen molar-refractivity contribution in [2.45, 2.75) is 37.4 Å². The Morgan fingerprint density at radius 1 is 1.03 bits per heavy atom. The van der Waals surface area contributed by atoms with E-state index in [0.717, 1.165) is 55.7 Å². The van der Waals surface area contributed by atoms with Crippen LogP contribution in [0.1, 0.15) is 36.3 Å². The lowest BCUT2D eigenvalue weighted by atomic mass is 9.96. The molecule has 8 heteroatoms. The van der Waals surface area contributed by atoms with E-state index in [4.69, 9.17) is 0 Å². The summed E-state index contributed by atoms with van der Waals surface area (Å²) < 4.78 is 38.4. The number of amides is 1. The molecule has 0 saturated carbocycles. The quantitative estimate of drug-likeness (QED) is 0.698. The van der Waals surface area contributed by atoms with Crippen LogP contribution >= 0.6 is 0 Å². The fourth-order valence-corrected chi connectivity index (χ4v) is 4.60. The lowest BCUT2D eigenvalue weighted by molar-refractivity contribution is -0.137. The Labute approximate surface area is 185 Å². The van der Waals surface area contributed by atoms with Crippen molar-refractivity contribution in [1.29, 1.82) is 0 Å². The summed E-state index contributed by atoms with van der Waals surface area (Å²) in [5.41, 5.74) is 1.76. The zero-order chi connectivity index (χ0) is 22.7. The molecule has 170 valence electrons. The Morgan fingerprint density at radius 3 is 2.38 bits per heavy atom. The number of carbonyl (C=O) groups excluding carboxylic acids is 2. The number of halogens is 3. The molecule has 0 spiro atoms. The summed E-state index contributed by atoms with van der Waals surface area (Å²) in [6.45, 7) is 2.72. The molecule has 0 bridgehead atoms. The average molecular weight is 445 g/mol. The fraction of sp³-hybridized carbons (Fsp3) is 0.417. The van der Waals surface area contributed by atoms with Crippen LogP contribution in [0.3, 0.4) is 0 Å². The zero-order valence-electron chi connectivity index (χ0n) is 17.6. The first-order valence-corrected chi connectivity index (χ1v) is 10.9. The first-order chi connectivity index (χ1) is 15.3. The summed E-state index contributed by atoms with van der Waals surface area (Å²) in [6.07, 6.45) is -1.35. The van der Waals surface area contributed by atoms with Gasteiger partial charge >= 0.3 is 6.18 Å². The van der Waals surface area contributed by atoms with Crippen molar-refractivity contribution in [3.63, 3.8) is 0 Å². The number of hydrogen-bond donors (Lipinski definition) is 1. The number of aldehydes is 1. The van der Waals surface area contributed by atoms with E-state index in [2.05, 4.69) is 15.1 Å². The second-order valence-corrected chi connectivity index (χ2v) is 8.40. The molecule has 1 N–H and O–H groups in total. The summed E-state index contributed by atoms with van der Waals surface area (Å²) in [5.74, 6) is -0.447. The molecular weight excluding hydrogens is 419 g/mol. The van der Waals surface area contributed by atoms with Gasteiger partial charge in [-0.15, -0.1) is 0 Å². The van der Waals surface area contributed by atoms with Gasteiger partial charge in [-0.25, -0.2) is 0 Å². The SMILES string of the molecule is O=CC(CN1CCC(N2CCC(=O)Nc3ccccc32)CC1)c1ccc(C(F)(F)F)cc1. The molecule has 2 aromatic carbocycles. The minimum Gasteiger partial charge on any atom is -0.366 e. The monoisotopic (exact) mass is 445 g/mol. The minimum absolute atomic E-state index is 0.0164. The molecule has 0 aromatic heterocycles. The van der Waals surface area contributed by atoms with E-state index in [1.54, 1.807) is 0 Å². The number of hydrogen-bond acceptors (Lipinski definition) is 4. The van der Waals surface area contributed by atoms with E-state index >= 15 is 0 Å². The van der Waals surface area contributed by atoms with E-state index in [1.165, 1.54) is 12.1 Å². The molecule has 2 aliphatic heterocycles. The number of piperidine rings is 1. The molecule has 2 heterocycles. The maximum absolute atomic E-state index is 12.8. The van der Waals surface area contributed by atoms with Gasteiger partial charge in [0.05, 0.1) is 22.9 Å².